The average Bonchev–Trinajstić information content (AvgIpc) is 2.39. The number of carboxylic acid groups (broad SMARTS) is 1. The van der Waals surface area contributed by atoms with Gasteiger partial charge in [0.05, 0.1) is 0 Å². The number of carbonyl (C=O) groups excluding carboxylic acids is 1. The number of carboxylic acids is 1. The Morgan fingerprint density at radius 1 is 1.05 bits per heavy atom. The van der Waals surface area contributed by atoms with Gasteiger partial charge in [0.2, 0.25) is 0 Å². The fourth-order valence-corrected chi connectivity index (χ4v) is 3.64. The predicted molar refractivity (Wildman–Crippen MR) is 76.6 cm³/mol. The highest BCUT2D eigenvalue weighted by Gasteiger charge is 2.43. The molecule has 1 saturated heterocycles. The highest BCUT2D eigenvalue weighted by Crippen LogP contribution is 2.30. The molecule has 114 valence electrons. The smallest absolute Gasteiger partial charge is 0.329 e. The number of piperidine rings is 1. The van der Waals surface area contributed by atoms with Gasteiger partial charge in [-0.15, -0.1) is 0 Å². The molecule has 1 saturated carbocycles. The molecule has 2 fully saturated rings. The summed E-state index contributed by atoms with van der Waals surface area (Å²) in [4.78, 5) is 26.0. The molecule has 2 amide bonds. The fourth-order valence-electron chi connectivity index (χ4n) is 3.64. The molecule has 1 aliphatic carbocycles. The summed E-state index contributed by atoms with van der Waals surface area (Å²) in [6.45, 7) is 4.09. The van der Waals surface area contributed by atoms with Gasteiger partial charge in [-0.05, 0) is 46.0 Å². The van der Waals surface area contributed by atoms with Crippen LogP contribution in [0.25, 0.3) is 0 Å². The van der Waals surface area contributed by atoms with E-state index in [1.165, 1.54) is 0 Å². The first-order valence-corrected chi connectivity index (χ1v) is 7.80. The third kappa shape index (κ3) is 2.91. The predicted octanol–water partition coefficient (Wildman–Crippen LogP) is 2.75. The summed E-state index contributed by atoms with van der Waals surface area (Å²) >= 11 is 0. The van der Waals surface area contributed by atoms with Crippen molar-refractivity contribution in [3.63, 3.8) is 0 Å². The van der Waals surface area contributed by atoms with Crippen LogP contribution in [0, 0.1) is 0 Å². The number of urea groups is 1. The molecule has 1 heterocycles. The van der Waals surface area contributed by atoms with Crippen LogP contribution < -0.4 is 5.32 Å². The van der Waals surface area contributed by atoms with E-state index in [0.717, 1.165) is 38.5 Å². The van der Waals surface area contributed by atoms with Crippen LogP contribution in [0.2, 0.25) is 0 Å². The van der Waals surface area contributed by atoms with Crippen molar-refractivity contribution in [1.29, 1.82) is 0 Å². The molecule has 2 unspecified atom stereocenters. The summed E-state index contributed by atoms with van der Waals surface area (Å²) < 4.78 is 0. The van der Waals surface area contributed by atoms with E-state index in [4.69, 9.17) is 0 Å². The van der Waals surface area contributed by atoms with Crippen LogP contribution in [-0.2, 0) is 4.79 Å². The molecular formula is C15H26N2O3. The van der Waals surface area contributed by atoms with Gasteiger partial charge in [-0.3, -0.25) is 0 Å². The van der Waals surface area contributed by atoms with Gasteiger partial charge in [-0.25, -0.2) is 9.59 Å². The number of carbonyl (C=O) groups is 2. The Balaban J connectivity index is 2.09. The minimum atomic E-state index is -1.05. The van der Waals surface area contributed by atoms with Gasteiger partial charge in [-0.2, -0.15) is 0 Å². The van der Waals surface area contributed by atoms with Crippen molar-refractivity contribution < 1.29 is 14.7 Å². The van der Waals surface area contributed by atoms with E-state index in [1.807, 2.05) is 18.7 Å². The summed E-state index contributed by atoms with van der Waals surface area (Å²) in [7, 11) is 0. The Labute approximate surface area is 120 Å². The molecule has 5 nitrogen and oxygen atoms in total. The maximum Gasteiger partial charge on any atom is 0.329 e. The molecule has 0 radical (unpaired) electrons. The van der Waals surface area contributed by atoms with Gasteiger partial charge in [-0.1, -0.05) is 19.3 Å². The number of amides is 2. The van der Waals surface area contributed by atoms with Gasteiger partial charge in [0.1, 0.15) is 5.54 Å². The van der Waals surface area contributed by atoms with E-state index in [2.05, 4.69) is 5.32 Å². The number of aliphatic carboxylic acids is 1. The molecule has 0 aromatic carbocycles. The second kappa shape index (κ2) is 6.02. The second-order valence-electron chi connectivity index (χ2n) is 6.41. The zero-order valence-corrected chi connectivity index (χ0v) is 12.5. The molecule has 2 rings (SSSR count). The number of likely N-dealkylation sites (tertiary alicyclic amines) is 1. The molecular weight excluding hydrogens is 256 g/mol. The molecule has 20 heavy (non-hydrogen) atoms. The summed E-state index contributed by atoms with van der Waals surface area (Å²) in [6.07, 6.45) is 7.03. The highest BCUT2D eigenvalue weighted by molar-refractivity contribution is 5.86. The van der Waals surface area contributed by atoms with Gasteiger partial charge < -0.3 is 15.3 Å². The van der Waals surface area contributed by atoms with E-state index in [9.17, 15) is 14.7 Å². The second-order valence-corrected chi connectivity index (χ2v) is 6.41. The topological polar surface area (TPSA) is 69.6 Å². The van der Waals surface area contributed by atoms with E-state index in [0.29, 0.717) is 12.8 Å². The number of hydrogen-bond donors (Lipinski definition) is 2. The summed E-state index contributed by atoms with van der Waals surface area (Å²) in [5.41, 5.74) is -1.05. The Bertz CT molecular complexity index is 367. The van der Waals surface area contributed by atoms with Crippen molar-refractivity contribution in [3.8, 4) is 0 Å². The summed E-state index contributed by atoms with van der Waals surface area (Å²) in [6, 6.07) is 0.176. The van der Waals surface area contributed by atoms with Crippen molar-refractivity contribution in [1.82, 2.24) is 10.2 Å². The van der Waals surface area contributed by atoms with Crippen molar-refractivity contribution in [2.75, 3.05) is 0 Å². The normalized spacial score (nSPS) is 29.8. The van der Waals surface area contributed by atoms with Crippen LogP contribution in [0.1, 0.15) is 65.2 Å². The van der Waals surface area contributed by atoms with Crippen molar-refractivity contribution in [2.24, 2.45) is 0 Å². The quantitative estimate of drug-likeness (QED) is 0.818. The Morgan fingerprint density at radius 3 is 2.10 bits per heavy atom. The third-order valence-corrected chi connectivity index (χ3v) is 4.89. The lowest BCUT2D eigenvalue weighted by Gasteiger charge is -2.42. The van der Waals surface area contributed by atoms with Crippen LogP contribution in [-0.4, -0.2) is 39.6 Å². The molecule has 5 heteroatoms. The highest BCUT2D eigenvalue weighted by atomic mass is 16.4. The first-order chi connectivity index (χ1) is 9.46. The molecule has 2 atom stereocenters. The SMILES string of the molecule is CC1CCCC(C)N1C(=O)NC1(C(=O)O)CCCCC1. The maximum atomic E-state index is 12.5. The van der Waals surface area contributed by atoms with E-state index < -0.39 is 11.5 Å². The van der Waals surface area contributed by atoms with Gasteiger partial charge in [0.15, 0.2) is 0 Å². The van der Waals surface area contributed by atoms with Crippen LogP contribution >= 0.6 is 0 Å². The third-order valence-electron chi connectivity index (χ3n) is 4.89. The molecule has 0 bridgehead atoms. The zero-order valence-electron chi connectivity index (χ0n) is 12.5. The van der Waals surface area contributed by atoms with Crippen molar-refractivity contribution in [2.45, 2.75) is 82.8 Å². The molecule has 0 aromatic heterocycles. The van der Waals surface area contributed by atoms with Crippen LogP contribution in [0.3, 0.4) is 0 Å². The maximum absolute atomic E-state index is 12.5. The van der Waals surface area contributed by atoms with Crippen molar-refractivity contribution in [3.05, 3.63) is 0 Å². The van der Waals surface area contributed by atoms with E-state index >= 15 is 0 Å². The molecule has 0 spiro atoms. The number of hydrogen-bond acceptors (Lipinski definition) is 2. The lowest BCUT2D eigenvalue weighted by molar-refractivity contribution is -0.146. The van der Waals surface area contributed by atoms with Gasteiger partial charge >= 0.3 is 12.0 Å². The largest absolute Gasteiger partial charge is 0.480 e. The Kier molecular flexibility index (Phi) is 4.55. The minimum absolute atomic E-state index is 0.188. The first-order valence-electron chi connectivity index (χ1n) is 7.80. The number of rotatable bonds is 2. The standard InChI is InChI=1S/C15H26N2O3/c1-11-7-6-8-12(2)17(11)14(20)16-15(13(18)19)9-4-3-5-10-15/h11-12H,3-10H2,1-2H3,(H,16,20)(H,18,19). The fraction of sp³-hybridized carbons (Fsp3) is 0.867. The molecule has 2 N–H and O–H groups in total. The minimum Gasteiger partial charge on any atom is -0.480 e. The zero-order chi connectivity index (χ0) is 14.8. The first kappa shape index (κ1) is 15.1. The van der Waals surface area contributed by atoms with Crippen molar-refractivity contribution >= 4 is 12.0 Å². The summed E-state index contributed by atoms with van der Waals surface area (Å²) in [5, 5.41) is 12.4. The van der Waals surface area contributed by atoms with Crippen LogP contribution in [0.4, 0.5) is 4.79 Å². The number of nitrogens with zero attached hydrogens (tertiary/aromatic N) is 1. The van der Waals surface area contributed by atoms with Gasteiger partial charge in [0, 0.05) is 12.1 Å². The van der Waals surface area contributed by atoms with Gasteiger partial charge in [0.25, 0.3) is 0 Å². The van der Waals surface area contributed by atoms with E-state index in [1.54, 1.807) is 0 Å². The average molecular weight is 282 g/mol. The monoisotopic (exact) mass is 282 g/mol. The molecule has 0 aromatic rings. The summed E-state index contributed by atoms with van der Waals surface area (Å²) in [5.74, 6) is -0.886. The number of nitrogens with one attached hydrogen (secondary N) is 1. The van der Waals surface area contributed by atoms with Crippen LogP contribution in [0.5, 0.6) is 0 Å². The Hall–Kier alpha value is -1.26. The molecule has 1 aliphatic heterocycles. The van der Waals surface area contributed by atoms with E-state index in [-0.39, 0.29) is 18.1 Å². The lowest BCUT2D eigenvalue weighted by atomic mass is 9.81. The Morgan fingerprint density at radius 2 is 1.60 bits per heavy atom. The van der Waals surface area contributed by atoms with Crippen LogP contribution in [0.15, 0.2) is 0 Å². The lowest BCUT2D eigenvalue weighted by Crippen LogP contribution is -2.61. The molecule has 2 aliphatic rings.